The summed E-state index contributed by atoms with van der Waals surface area (Å²) < 4.78 is 16.1. The summed E-state index contributed by atoms with van der Waals surface area (Å²) in [6.07, 6.45) is 0. The van der Waals surface area contributed by atoms with E-state index in [0.29, 0.717) is 29.1 Å². The van der Waals surface area contributed by atoms with E-state index in [0.717, 1.165) is 5.57 Å². The summed E-state index contributed by atoms with van der Waals surface area (Å²) in [5.41, 5.74) is 1.10. The van der Waals surface area contributed by atoms with E-state index in [4.69, 9.17) is 14.2 Å². The van der Waals surface area contributed by atoms with Crippen LogP contribution in [0.1, 0.15) is 24.2 Å². The molecule has 1 rings (SSSR count). The molecular weight excluding hydrogens is 378 g/mol. The molecule has 0 atom stereocenters. The van der Waals surface area contributed by atoms with Crippen molar-refractivity contribution in [2.24, 2.45) is 0 Å². The Morgan fingerprint density at radius 2 is 1.75 bits per heavy atom. The van der Waals surface area contributed by atoms with Gasteiger partial charge in [0.15, 0.2) is 6.61 Å². The fraction of sp³-hybridized carbons (Fsp3) is 0.412. The number of hydrogen-bond acceptors (Lipinski definition) is 5. The zero-order chi connectivity index (χ0) is 18.3. The van der Waals surface area contributed by atoms with Gasteiger partial charge in [0.2, 0.25) is 0 Å². The standard InChI is InChI=1S/C17H22BrNO5/c1-6-19(9-11(2)3)15(20)10-24-17(21)12-7-13(22-4)16(18)14(8-12)23-5/h7-8H,2,6,9-10H2,1,3-5H3. The average Bonchev–Trinajstić information content (AvgIpc) is 2.57. The second-order valence-corrected chi connectivity index (χ2v) is 5.93. The lowest BCUT2D eigenvalue weighted by atomic mass is 10.2. The smallest absolute Gasteiger partial charge is 0.338 e. The molecule has 1 amide bonds. The van der Waals surface area contributed by atoms with Gasteiger partial charge in [0, 0.05) is 13.1 Å². The maximum atomic E-state index is 12.2. The van der Waals surface area contributed by atoms with Crippen molar-refractivity contribution in [3.8, 4) is 11.5 Å². The Hall–Kier alpha value is -2.02. The molecule has 1 aromatic carbocycles. The van der Waals surface area contributed by atoms with E-state index in [9.17, 15) is 9.59 Å². The number of carbonyl (C=O) groups excluding carboxylic acids is 2. The Kier molecular flexibility index (Phi) is 7.78. The van der Waals surface area contributed by atoms with E-state index in [1.807, 2.05) is 13.8 Å². The third-order valence-corrected chi connectivity index (χ3v) is 3.98. The summed E-state index contributed by atoms with van der Waals surface area (Å²) in [6.45, 7) is 8.09. The summed E-state index contributed by atoms with van der Waals surface area (Å²) >= 11 is 3.33. The van der Waals surface area contributed by atoms with Crippen LogP contribution in [0.2, 0.25) is 0 Å². The average molecular weight is 400 g/mol. The van der Waals surface area contributed by atoms with Crippen molar-refractivity contribution < 1.29 is 23.8 Å². The monoisotopic (exact) mass is 399 g/mol. The summed E-state index contributed by atoms with van der Waals surface area (Å²) in [6, 6.07) is 3.04. The van der Waals surface area contributed by atoms with Gasteiger partial charge < -0.3 is 19.1 Å². The molecule has 0 heterocycles. The molecule has 0 aliphatic heterocycles. The minimum atomic E-state index is -0.626. The third kappa shape index (κ3) is 5.26. The highest BCUT2D eigenvalue weighted by atomic mass is 79.9. The van der Waals surface area contributed by atoms with Crippen molar-refractivity contribution in [1.29, 1.82) is 0 Å². The Balaban J connectivity index is 2.81. The number of carbonyl (C=O) groups is 2. The fourth-order valence-corrected chi connectivity index (χ4v) is 2.54. The zero-order valence-corrected chi connectivity index (χ0v) is 15.9. The van der Waals surface area contributed by atoms with Crippen molar-refractivity contribution in [1.82, 2.24) is 4.90 Å². The minimum Gasteiger partial charge on any atom is -0.495 e. The SMILES string of the molecule is C=C(C)CN(CC)C(=O)COC(=O)c1cc(OC)c(Br)c(OC)c1. The molecule has 0 saturated heterocycles. The largest absolute Gasteiger partial charge is 0.495 e. The van der Waals surface area contributed by atoms with Gasteiger partial charge >= 0.3 is 5.97 Å². The van der Waals surface area contributed by atoms with Crippen molar-refractivity contribution in [3.05, 3.63) is 34.3 Å². The number of halogens is 1. The number of esters is 1. The first-order valence-electron chi connectivity index (χ1n) is 7.34. The number of amides is 1. The molecule has 0 aromatic heterocycles. The van der Waals surface area contributed by atoms with Crippen molar-refractivity contribution in [3.63, 3.8) is 0 Å². The quantitative estimate of drug-likeness (QED) is 0.496. The van der Waals surface area contributed by atoms with E-state index in [1.165, 1.54) is 26.4 Å². The third-order valence-electron chi connectivity index (χ3n) is 3.20. The summed E-state index contributed by atoms with van der Waals surface area (Å²) in [5.74, 6) is -0.0288. The molecule has 6 nitrogen and oxygen atoms in total. The van der Waals surface area contributed by atoms with Crippen LogP contribution in [-0.2, 0) is 9.53 Å². The number of rotatable bonds is 8. The maximum absolute atomic E-state index is 12.2. The van der Waals surface area contributed by atoms with Gasteiger partial charge in [-0.2, -0.15) is 0 Å². The number of ether oxygens (including phenoxy) is 3. The fourth-order valence-electron chi connectivity index (χ4n) is 1.99. The van der Waals surface area contributed by atoms with E-state index >= 15 is 0 Å². The lowest BCUT2D eigenvalue weighted by Crippen LogP contribution is -2.35. The van der Waals surface area contributed by atoms with Gasteiger partial charge in [-0.15, -0.1) is 0 Å². The number of methoxy groups -OCH3 is 2. The molecule has 0 bridgehead atoms. The number of benzene rings is 1. The first kappa shape index (κ1) is 20.0. The molecule has 24 heavy (non-hydrogen) atoms. The highest BCUT2D eigenvalue weighted by Crippen LogP contribution is 2.35. The van der Waals surface area contributed by atoms with Crippen LogP contribution >= 0.6 is 15.9 Å². The first-order chi connectivity index (χ1) is 11.3. The second kappa shape index (κ2) is 9.32. The molecule has 0 saturated carbocycles. The lowest BCUT2D eigenvalue weighted by molar-refractivity contribution is -0.133. The van der Waals surface area contributed by atoms with E-state index in [2.05, 4.69) is 22.5 Å². The van der Waals surface area contributed by atoms with Gasteiger partial charge in [-0.05, 0) is 41.9 Å². The lowest BCUT2D eigenvalue weighted by Gasteiger charge is -2.20. The Morgan fingerprint density at radius 1 is 1.21 bits per heavy atom. The molecule has 132 valence electrons. The first-order valence-corrected chi connectivity index (χ1v) is 8.14. The van der Waals surface area contributed by atoms with Gasteiger partial charge in [-0.3, -0.25) is 4.79 Å². The predicted molar refractivity (Wildman–Crippen MR) is 94.6 cm³/mol. The molecular formula is C17H22BrNO5. The molecule has 0 fully saturated rings. The maximum Gasteiger partial charge on any atom is 0.338 e. The zero-order valence-electron chi connectivity index (χ0n) is 14.3. The van der Waals surface area contributed by atoms with Gasteiger partial charge in [-0.1, -0.05) is 12.2 Å². The van der Waals surface area contributed by atoms with Gasteiger partial charge in [0.1, 0.15) is 16.0 Å². The molecule has 1 aromatic rings. The number of nitrogens with zero attached hydrogens (tertiary/aromatic N) is 1. The minimum absolute atomic E-state index is 0.239. The summed E-state index contributed by atoms with van der Waals surface area (Å²) in [4.78, 5) is 25.9. The van der Waals surface area contributed by atoms with Crippen molar-refractivity contribution >= 4 is 27.8 Å². The molecule has 0 spiro atoms. The van der Waals surface area contributed by atoms with Gasteiger partial charge in [0.05, 0.1) is 19.8 Å². The van der Waals surface area contributed by atoms with E-state index < -0.39 is 5.97 Å². The number of hydrogen-bond donors (Lipinski definition) is 0. The molecule has 0 aliphatic rings. The molecule has 0 radical (unpaired) electrons. The second-order valence-electron chi connectivity index (χ2n) is 5.14. The van der Waals surface area contributed by atoms with Crippen LogP contribution in [-0.4, -0.2) is 50.7 Å². The van der Waals surface area contributed by atoms with E-state index in [1.54, 1.807) is 4.90 Å². The van der Waals surface area contributed by atoms with Crippen LogP contribution in [0.15, 0.2) is 28.8 Å². The number of likely N-dealkylation sites (N-methyl/N-ethyl adjacent to an activating group) is 1. The van der Waals surface area contributed by atoms with Gasteiger partial charge in [-0.25, -0.2) is 4.79 Å². The van der Waals surface area contributed by atoms with Crippen molar-refractivity contribution in [2.45, 2.75) is 13.8 Å². The predicted octanol–water partition coefficient (Wildman–Crippen LogP) is 3.05. The molecule has 7 heteroatoms. The van der Waals surface area contributed by atoms with Gasteiger partial charge in [0.25, 0.3) is 5.91 Å². The van der Waals surface area contributed by atoms with Crippen LogP contribution in [0.5, 0.6) is 11.5 Å². The Morgan fingerprint density at radius 3 is 2.17 bits per heavy atom. The Labute approximate surface area is 150 Å². The topological polar surface area (TPSA) is 65.1 Å². The van der Waals surface area contributed by atoms with Crippen LogP contribution in [0.3, 0.4) is 0 Å². The molecule has 0 aliphatic carbocycles. The summed E-state index contributed by atoms with van der Waals surface area (Å²) in [5, 5.41) is 0. The van der Waals surface area contributed by atoms with Crippen LogP contribution in [0, 0.1) is 0 Å². The molecule has 0 N–H and O–H groups in total. The summed E-state index contributed by atoms with van der Waals surface area (Å²) in [7, 11) is 2.96. The highest BCUT2D eigenvalue weighted by molar-refractivity contribution is 9.10. The van der Waals surface area contributed by atoms with Crippen molar-refractivity contribution in [2.75, 3.05) is 33.9 Å². The van der Waals surface area contributed by atoms with Crippen LogP contribution < -0.4 is 9.47 Å². The highest BCUT2D eigenvalue weighted by Gasteiger charge is 2.18. The molecule has 0 unspecified atom stereocenters. The normalized spacial score (nSPS) is 10.0. The van der Waals surface area contributed by atoms with E-state index in [-0.39, 0.29) is 18.1 Å². The Bertz CT molecular complexity index is 604. The van der Waals surface area contributed by atoms with Crippen LogP contribution in [0.25, 0.3) is 0 Å². The van der Waals surface area contributed by atoms with Crippen LogP contribution in [0.4, 0.5) is 0 Å².